The van der Waals surface area contributed by atoms with Gasteiger partial charge in [-0.2, -0.15) is 5.10 Å². The molecule has 0 saturated heterocycles. The van der Waals surface area contributed by atoms with Crippen LogP contribution < -0.4 is 0 Å². The first-order chi connectivity index (χ1) is 12.1. The predicted molar refractivity (Wildman–Crippen MR) is 108 cm³/mol. The van der Waals surface area contributed by atoms with E-state index in [2.05, 4.69) is 38.3 Å². The summed E-state index contributed by atoms with van der Waals surface area (Å²) < 4.78 is 3.57. The molecule has 0 fully saturated rings. The normalized spacial score (nSPS) is 11.0. The maximum absolute atomic E-state index is 5.44. The van der Waals surface area contributed by atoms with E-state index in [1.54, 1.807) is 11.3 Å². The van der Waals surface area contributed by atoms with Gasteiger partial charge in [-0.3, -0.25) is 9.67 Å². The van der Waals surface area contributed by atoms with Gasteiger partial charge in [0.1, 0.15) is 5.01 Å². The molecule has 0 saturated carbocycles. The second-order valence-electron chi connectivity index (χ2n) is 5.46. The Balaban J connectivity index is 1.85. The first kappa shape index (κ1) is 16.4. The molecule has 0 amide bonds. The molecule has 4 rings (SSSR count). The van der Waals surface area contributed by atoms with Crippen molar-refractivity contribution in [3.63, 3.8) is 0 Å². The van der Waals surface area contributed by atoms with E-state index in [1.807, 2.05) is 54.0 Å². The zero-order valence-corrected chi connectivity index (χ0v) is 16.5. The van der Waals surface area contributed by atoms with Crippen molar-refractivity contribution >= 4 is 39.5 Å². The number of thiazole rings is 1. The van der Waals surface area contributed by atoms with Crippen molar-refractivity contribution in [2.24, 2.45) is 0 Å². The number of hydrogen-bond acceptors (Lipinski definition) is 4. The molecule has 7 heteroatoms. The smallest absolute Gasteiger partial charge is 0.200 e. The van der Waals surface area contributed by atoms with Gasteiger partial charge in [-0.05, 0) is 43.4 Å². The average Bonchev–Trinajstić information content (AvgIpc) is 3.19. The Morgan fingerprint density at radius 2 is 1.80 bits per heavy atom. The molecule has 0 atom stereocenters. The minimum atomic E-state index is 0.569. The van der Waals surface area contributed by atoms with Crippen LogP contribution in [0.3, 0.4) is 0 Å². The third-order valence-electron chi connectivity index (χ3n) is 3.78. The molecular formula is C18H13BrN4S2. The van der Waals surface area contributed by atoms with Crippen LogP contribution in [-0.2, 0) is 0 Å². The number of aryl methyl sites for hydroxylation is 1. The van der Waals surface area contributed by atoms with Gasteiger partial charge in [-0.25, -0.2) is 4.98 Å². The van der Waals surface area contributed by atoms with Crippen molar-refractivity contribution in [1.82, 2.24) is 19.7 Å². The number of nitrogens with zero attached hydrogens (tertiary/aromatic N) is 3. The summed E-state index contributed by atoms with van der Waals surface area (Å²) in [5, 5.41) is 8.33. The summed E-state index contributed by atoms with van der Waals surface area (Å²) in [7, 11) is 0. The molecule has 0 radical (unpaired) electrons. The number of benzene rings is 2. The van der Waals surface area contributed by atoms with E-state index in [0.29, 0.717) is 4.77 Å². The molecule has 0 aliphatic heterocycles. The molecule has 0 aliphatic rings. The van der Waals surface area contributed by atoms with Crippen molar-refractivity contribution in [2.75, 3.05) is 0 Å². The van der Waals surface area contributed by atoms with Gasteiger partial charge < -0.3 is 0 Å². The third-order valence-corrected chi connectivity index (χ3v) is 5.78. The van der Waals surface area contributed by atoms with E-state index >= 15 is 0 Å². The van der Waals surface area contributed by atoms with Gasteiger partial charge in [-0.15, -0.1) is 11.3 Å². The Bertz CT molecular complexity index is 1080. The Kier molecular flexibility index (Phi) is 4.37. The first-order valence-corrected chi connectivity index (χ1v) is 9.62. The quantitative estimate of drug-likeness (QED) is 0.419. The number of H-pyrrole nitrogens is 1. The second-order valence-corrected chi connectivity index (χ2v) is 7.77. The van der Waals surface area contributed by atoms with Gasteiger partial charge in [0.05, 0.1) is 10.6 Å². The van der Waals surface area contributed by atoms with Crippen molar-refractivity contribution in [3.8, 4) is 27.0 Å². The van der Waals surface area contributed by atoms with Gasteiger partial charge in [-0.1, -0.05) is 46.3 Å². The lowest BCUT2D eigenvalue weighted by Crippen LogP contribution is -1.97. The molecule has 4 aromatic rings. The Labute approximate surface area is 162 Å². The molecule has 124 valence electrons. The van der Waals surface area contributed by atoms with Gasteiger partial charge in [0.25, 0.3) is 0 Å². The van der Waals surface area contributed by atoms with Crippen LogP contribution in [0.4, 0.5) is 0 Å². The van der Waals surface area contributed by atoms with E-state index in [9.17, 15) is 0 Å². The zero-order valence-electron chi connectivity index (χ0n) is 13.2. The number of rotatable bonds is 3. The zero-order chi connectivity index (χ0) is 17.4. The van der Waals surface area contributed by atoms with Gasteiger partial charge in [0.15, 0.2) is 10.6 Å². The number of halogens is 1. The van der Waals surface area contributed by atoms with Crippen LogP contribution in [0.2, 0.25) is 0 Å². The maximum atomic E-state index is 5.44. The Morgan fingerprint density at radius 1 is 1.08 bits per heavy atom. The van der Waals surface area contributed by atoms with E-state index in [-0.39, 0.29) is 0 Å². The van der Waals surface area contributed by atoms with E-state index in [1.165, 1.54) is 0 Å². The number of nitrogens with one attached hydrogen (secondary N) is 1. The van der Waals surface area contributed by atoms with E-state index in [4.69, 9.17) is 17.2 Å². The summed E-state index contributed by atoms with van der Waals surface area (Å²) in [6, 6.07) is 18.1. The van der Waals surface area contributed by atoms with Crippen molar-refractivity contribution < 1.29 is 0 Å². The Morgan fingerprint density at radius 3 is 2.52 bits per heavy atom. The van der Waals surface area contributed by atoms with Crippen LogP contribution in [0.25, 0.3) is 27.0 Å². The predicted octanol–water partition coefficient (Wildman–Crippen LogP) is 5.79. The van der Waals surface area contributed by atoms with Crippen LogP contribution in [-0.4, -0.2) is 19.7 Å². The Hall–Kier alpha value is -2.09. The highest BCUT2D eigenvalue weighted by Gasteiger charge is 2.18. The van der Waals surface area contributed by atoms with Gasteiger partial charge in [0, 0.05) is 15.7 Å². The van der Waals surface area contributed by atoms with Crippen LogP contribution in [0.15, 0.2) is 59.1 Å². The lowest BCUT2D eigenvalue weighted by Gasteiger charge is -2.05. The topological polar surface area (TPSA) is 46.5 Å². The maximum Gasteiger partial charge on any atom is 0.200 e. The summed E-state index contributed by atoms with van der Waals surface area (Å²) in [6.07, 6.45) is 0. The van der Waals surface area contributed by atoms with Crippen molar-refractivity contribution in [1.29, 1.82) is 0 Å². The summed E-state index contributed by atoms with van der Waals surface area (Å²) in [6.45, 7) is 2.00. The largest absolute Gasteiger partial charge is 0.267 e. The van der Waals surface area contributed by atoms with E-state index < -0.39 is 0 Å². The number of aromatic nitrogens is 4. The van der Waals surface area contributed by atoms with E-state index in [0.717, 1.165) is 37.1 Å². The second kappa shape index (κ2) is 6.67. The fourth-order valence-electron chi connectivity index (χ4n) is 2.59. The number of para-hydroxylation sites is 1. The fraction of sp³-hybridized carbons (Fsp3) is 0.0556. The minimum absolute atomic E-state index is 0.569. The highest BCUT2D eigenvalue weighted by molar-refractivity contribution is 9.10. The molecule has 2 aromatic carbocycles. The monoisotopic (exact) mass is 428 g/mol. The molecule has 2 aromatic heterocycles. The molecule has 0 bridgehead atoms. The third kappa shape index (κ3) is 3.10. The van der Waals surface area contributed by atoms with Crippen molar-refractivity contribution in [3.05, 3.63) is 69.5 Å². The average molecular weight is 429 g/mol. The number of aromatic amines is 1. The molecule has 1 N–H and O–H groups in total. The molecule has 25 heavy (non-hydrogen) atoms. The lowest BCUT2D eigenvalue weighted by molar-refractivity contribution is 1.04. The molecule has 0 unspecified atom stereocenters. The van der Waals surface area contributed by atoms with Gasteiger partial charge >= 0.3 is 0 Å². The van der Waals surface area contributed by atoms with Crippen LogP contribution in [0, 0.1) is 11.7 Å². The highest BCUT2D eigenvalue weighted by Crippen LogP contribution is 2.35. The molecular weight excluding hydrogens is 416 g/mol. The SMILES string of the molecule is Cc1nc(-c2ccc(Br)cc2)sc1-c1n[nH]c(=S)n1-c1ccccc1. The fourth-order valence-corrected chi connectivity index (χ4v) is 4.14. The highest BCUT2D eigenvalue weighted by atomic mass is 79.9. The molecule has 2 heterocycles. The number of hydrogen-bond donors (Lipinski definition) is 1. The summed E-state index contributed by atoms with van der Waals surface area (Å²) in [4.78, 5) is 5.74. The summed E-state index contributed by atoms with van der Waals surface area (Å²) in [5.41, 5.74) is 3.01. The summed E-state index contributed by atoms with van der Waals surface area (Å²) in [5.74, 6) is 0.787. The van der Waals surface area contributed by atoms with Crippen LogP contribution in [0.1, 0.15) is 5.69 Å². The first-order valence-electron chi connectivity index (χ1n) is 7.60. The van der Waals surface area contributed by atoms with Crippen LogP contribution >= 0.6 is 39.5 Å². The lowest BCUT2D eigenvalue weighted by atomic mass is 10.2. The van der Waals surface area contributed by atoms with Crippen LogP contribution in [0.5, 0.6) is 0 Å². The molecule has 4 nitrogen and oxygen atoms in total. The van der Waals surface area contributed by atoms with Crippen molar-refractivity contribution in [2.45, 2.75) is 6.92 Å². The standard InChI is InChI=1S/C18H13BrN4S2/c1-11-15(25-17(20-11)12-7-9-13(19)10-8-12)16-21-22-18(24)23(16)14-5-3-2-4-6-14/h2-10H,1H3,(H,22,24). The minimum Gasteiger partial charge on any atom is -0.267 e. The summed E-state index contributed by atoms with van der Waals surface area (Å²) >= 11 is 10.5. The molecule has 0 aliphatic carbocycles. The molecule has 0 spiro atoms. The van der Waals surface area contributed by atoms with Gasteiger partial charge in [0.2, 0.25) is 0 Å².